The number of anilines is 1. The molecule has 1 aliphatic heterocycles. The molecule has 124 valence electrons. The van der Waals surface area contributed by atoms with E-state index in [2.05, 4.69) is 15.6 Å². The van der Waals surface area contributed by atoms with E-state index in [-0.39, 0.29) is 6.61 Å². The standard InChI is InChI=1S/C17H17N3O4/c21-16(15-11-23-8-9-24-15)20-17(22)19-13-5-3-4-12(10-13)14-6-1-2-7-18-14/h1-7,10,15H,8-9,11H2,(H2,19,20,21,22). The van der Waals surface area contributed by atoms with Crippen LogP contribution in [0.25, 0.3) is 11.3 Å². The molecule has 0 bridgehead atoms. The minimum absolute atomic E-state index is 0.147. The number of aromatic nitrogens is 1. The molecule has 24 heavy (non-hydrogen) atoms. The molecule has 1 atom stereocenters. The molecule has 0 aliphatic carbocycles. The van der Waals surface area contributed by atoms with Gasteiger partial charge in [-0.05, 0) is 24.3 Å². The van der Waals surface area contributed by atoms with Crippen molar-refractivity contribution in [3.8, 4) is 11.3 Å². The van der Waals surface area contributed by atoms with Crippen molar-refractivity contribution < 1.29 is 19.1 Å². The number of hydrogen-bond donors (Lipinski definition) is 2. The van der Waals surface area contributed by atoms with E-state index in [1.165, 1.54) is 0 Å². The van der Waals surface area contributed by atoms with Crippen molar-refractivity contribution in [1.29, 1.82) is 0 Å². The monoisotopic (exact) mass is 327 g/mol. The minimum Gasteiger partial charge on any atom is -0.376 e. The van der Waals surface area contributed by atoms with Crippen molar-refractivity contribution in [2.75, 3.05) is 25.1 Å². The molecule has 7 nitrogen and oxygen atoms in total. The Hall–Kier alpha value is -2.77. The van der Waals surface area contributed by atoms with Crippen molar-refractivity contribution in [3.05, 3.63) is 48.7 Å². The lowest BCUT2D eigenvalue weighted by Crippen LogP contribution is -2.46. The van der Waals surface area contributed by atoms with Crippen LogP contribution in [0.2, 0.25) is 0 Å². The number of rotatable bonds is 3. The van der Waals surface area contributed by atoms with Gasteiger partial charge in [-0.25, -0.2) is 4.79 Å². The highest BCUT2D eigenvalue weighted by atomic mass is 16.6. The highest BCUT2D eigenvalue weighted by Crippen LogP contribution is 2.20. The first kappa shape index (κ1) is 16.1. The fraction of sp³-hybridized carbons (Fsp3) is 0.235. The average Bonchev–Trinajstić information content (AvgIpc) is 2.63. The van der Waals surface area contributed by atoms with Crippen LogP contribution in [-0.2, 0) is 14.3 Å². The third-order valence-electron chi connectivity index (χ3n) is 3.43. The van der Waals surface area contributed by atoms with E-state index in [0.29, 0.717) is 18.9 Å². The van der Waals surface area contributed by atoms with Gasteiger partial charge in [-0.2, -0.15) is 0 Å². The molecule has 0 radical (unpaired) electrons. The Morgan fingerprint density at radius 3 is 2.79 bits per heavy atom. The van der Waals surface area contributed by atoms with E-state index in [1.54, 1.807) is 24.4 Å². The van der Waals surface area contributed by atoms with Gasteiger partial charge in [0.1, 0.15) is 0 Å². The Labute approximate surface area is 139 Å². The lowest BCUT2D eigenvalue weighted by molar-refractivity contribution is -0.146. The number of carbonyl (C=O) groups is 2. The van der Waals surface area contributed by atoms with Crippen LogP contribution >= 0.6 is 0 Å². The van der Waals surface area contributed by atoms with E-state index >= 15 is 0 Å². The molecular weight excluding hydrogens is 310 g/mol. The van der Waals surface area contributed by atoms with Gasteiger partial charge in [0.25, 0.3) is 5.91 Å². The average molecular weight is 327 g/mol. The fourth-order valence-corrected chi connectivity index (χ4v) is 2.28. The van der Waals surface area contributed by atoms with Crippen molar-refractivity contribution in [1.82, 2.24) is 10.3 Å². The number of carbonyl (C=O) groups excluding carboxylic acids is 2. The third kappa shape index (κ3) is 4.15. The second-order valence-corrected chi connectivity index (χ2v) is 5.17. The molecule has 3 amide bonds. The molecule has 7 heteroatoms. The number of nitrogens with one attached hydrogen (secondary N) is 2. The lowest BCUT2D eigenvalue weighted by atomic mass is 10.1. The van der Waals surface area contributed by atoms with Gasteiger partial charge in [-0.3, -0.25) is 15.1 Å². The number of imide groups is 1. The quantitative estimate of drug-likeness (QED) is 0.897. The second-order valence-electron chi connectivity index (χ2n) is 5.17. The molecule has 2 heterocycles. The molecule has 0 spiro atoms. The first-order chi connectivity index (χ1) is 11.7. The van der Waals surface area contributed by atoms with E-state index in [4.69, 9.17) is 9.47 Å². The van der Waals surface area contributed by atoms with Gasteiger partial charge in [0.05, 0.1) is 25.5 Å². The number of urea groups is 1. The molecule has 2 aromatic rings. The Morgan fingerprint density at radius 2 is 2.04 bits per heavy atom. The molecule has 1 fully saturated rings. The lowest BCUT2D eigenvalue weighted by Gasteiger charge is -2.21. The summed E-state index contributed by atoms with van der Waals surface area (Å²) in [6.07, 6.45) is 0.942. The Morgan fingerprint density at radius 1 is 1.12 bits per heavy atom. The second kappa shape index (κ2) is 7.67. The number of benzene rings is 1. The van der Waals surface area contributed by atoms with Gasteiger partial charge < -0.3 is 14.8 Å². The predicted molar refractivity (Wildman–Crippen MR) is 87.4 cm³/mol. The summed E-state index contributed by atoms with van der Waals surface area (Å²) in [5.41, 5.74) is 2.22. The van der Waals surface area contributed by atoms with Gasteiger partial charge in [0.15, 0.2) is 6.10 Å². The Balaban J connectivity index is 1.61. The number of pyridine rings is 1. The van der Waals surface area contributed by atoms with Crippen LogP contribution in [-0.4, -0.2) is 42.8 Å². The van der Waals surface area contributed by atoms with Crippen LogP contribution in [0.1, 0.15) is 0 Å². The number of amides is 3. The molecule has 1 unspecified atom stereocenters. The molecular formula is C17H17N3O4. The van der Waals surface area contributed by atoms with Crippen molar-refractivity contribution >= 4 is 17.6 Å². The summed E-state index contributed by atoms with van der Waals surface area (Å²) in [5.74, 6) is -0.520. The molecule has 3 rings (SSSR count). The summed E-state index contributed by atoms with van der Waals surface area (Å²) in [6.45, 7) is 0.941. The van der Waals surface area contributed by atoms with Crippen molar-refractivity contribution in [2.45, 2.75) is 6.10 Å². The van der Waals surface area contributed by atoms with E-state index in [9.17, 15) is 9.59 Å². The molecule has 1 aliphatic rings. The van der Waals surface area contributed by atoms with Crippen LogP contribution in [0.15, 0.2) is 48.7 Å². The van der Waals surface area contributed by atoms with Crippen LogP contribution in [0, 0.1) is 0 Å². The fourth-order valence-electron chi connectivity index (χ4n) is 2.28. The molecule has 2 N–H and O–H groups in total. The van der Waals surface area contributed by atoms with E-state index < -0.39 is 18.0 Å². The third-order valence-corrected chi connectivity index (χ3v) is 3.43. The van der Waals surface area contributed by atoms with Crippen molar-refractivity contribution in [3.63, 3.8) is 0 Å². The topological polar surface area (TPSA) is 89.6 Å². The summed E-state index contributed by atoms with van der Waals surface area (Å²) in [6, 6.07) is 12.2. The van der Waals surface area contributed by atoms with Gasteiger partial charge in [0.2, 0.25) is 0 Å². The maximum atomic E-state index is 12.0. The molecule has 1 saturated heterocycles. The van der Waals surface area contributed by atoms with Crippen LogP contribution < -0.4 is 10.6 Å². The first-order valence-corrected chi connectivity index (χ1v) is 7.55. The summed E-state index contributed by atoms with van der Waals surface area (Å²) in [5, 5.41) is 4.87. The predicted octanol–water partition coefficient (Wildman–Crippen LogP) is 1.81. The van der Waals surface area contributed by atoms with Crippen LogP contribution in [0.3, 0.4) is 0 Å². The minimum atomic E-state index is -0.760. The van der Waals surface area contributed by atoms with Crippen LogP contribution in [0.4, 0.5) is 10.5 Å². The maximum absolute atomic E-state index is 12.0. The van der Waals surface area contributed by atoms with Crippen LogP contribution in [0.5, 0.6) is 0 Å². The Kier molecular flexibility index (Phi) is 5.15. The van der Waals surface area contributed by atoms with Gasteiger partial charge in [-0.1, -0.05) is 18.2 Å². The van der Waals surface area contributed by atoms with Gasteiger partial charge in [0, 0.05) is 17.4 Å². The normalized spacial score (nSPS) is 17.1. The zero-order valence-corrected chi connectivity index (χ0v) is 12.9. The highest BCUT2D eigenvalue weighted by molar-refractivity contribution is 6.02. The number of nitrogens with zero attached hydrogens (tertiary/aromatic N) is 1. The summed E-state index contributed by atoms with van der Waals surface area (Å²) >= 11 is 0. The van der Waals surface area contributed by atoms with E-state index in [1.807, 2.05) is 24.3 Å². The zero-order valence-electron chi connectivity index (χ0n) is 12.9. The smallest absolute Gasteiger partial charge is 0.325 e. The summed E-state index contributed by atoms with van der Waals surface area (Å²) in [4.78, 5) is 28.1. The molecule has 1 aromatic carbocycles. The van der Waals surface area contributed by atoms with Gasteiger partial charge >= 0.3 is 6.03 Å². The maximum Gasteiger partial charge on any atom is 0.325 e. The summed E-state index contributed by atoms with van der Waals surface area (Å²) in [7, 11) is 0. The summed E-state index contributed by atoms with van der Waals surface area (Å²) < 4.78 is 10.4. The zero-order chi connectivity index (χ0) is 16.8. The molecule has 0 saturated carbocycles. The Bertz CT molecular complexity index is 715. The SMILES string of the molecule is O=C(NC(=O)C1COCCO1)Nc1cccc(-c2ccccn2)c1. The number of ether oxygens (including phenoxy) is 2. The highest BCUT2D eigenvalue weighted by Gasteiger charge is 2.24. The molecule has 1 aromatic heterocycles. The van der Waals surface area contributed by atoms with Crippen molar-refractivity contribution in [2.24, 2.45) is 0 Å². The number of hydrogen-bond acceptors (Lipinski definition) is 5. The largest absolute Gasteiger partial charge is 0.376 e. The van der Waals surface area contributed by atoms with Gasteiger partial charge in [-0.15, -0.1) is 0 Å². The van der Waals surface area contributed by atoms with E-state index in [0.717, 1.165) is 11.3 Å². The first-order valence-electron chi connectivity index (χ1n) is 7.55.